The van der Waals surface area contributed by atoms with Gasteiger partial charge in [-0.2, -0.15) is 0 Å². The zero-order valence-electron chi connectivity index (χ0n) is 17.3. The first kappa shape index (κ1) is 22.3. The second-order valence-corrected chi connectivity index (χ2v) is 7.80. The molecule has 0 bridgehead atoms. The summed E-state index contributed by atoms with van der Waals surface area (Å²) in [5.74, 6) is 0. The van der Waals surface area contributed by atoms with Crippen LogP contribution in [0.25, 0.3) is 0 Å². The van der Waals surface area contributed by atoms with Crippen molar-refractivity contribution in [1.29, 1.82) is 0 Å². The Labute approximate surface area is 158 Å². The average Bonchev–Trinajstić information content (AvgIpc) is 2.62. The van der Waals surface area contributed by atoms with Crippen LogP contribution in [0.3, 0.4) is 0 Å². The van der Waals surface area contributed by atoms with Crippen LogP contribution in [0.1, 0.15) is 120 Å². The summed E-state index contributed by atoms with van der Waals surface area (Å²) in [6, 6.07) is 6.85. The number of aryl methyl sites for hydroxylation is 2. The second kappa shape index (κ2) is 15.5. The lowest BCUT2D eigenvalue weighted by Crippen LogP contribution is -1.97. The monoisotopic (exact) mass is 343 g/mol. The normalized spacial score (nSPS) is 11.2. The molecule has 0 heteroatoms. The molecule has 0 N–H and O–H groups in total. The summed E-state index contributed by atoms with van der Waals surface area (Å²) in [4.78, 5) is 0. The Morgan fingerprint density at radius 2 is 0.920 bits per heavy atom. The molecule has 25 heavy (non-hydrogen) atoms. The van der Waals surface area contributed by atoms with Crippen molar-refractivity contribution in [2.75, 3.05) is 0 Å². The molecule has 0 aliphatic rings. The smallest absolute Gasteiger partial charge is 0.0233 e. The van der Waals surface area contributed by atoms with Gasteiger partial charge in [-0.3, -0.25) is 0 Å². The number of hydrogen-bond donors (Lipinski definition) is 0. The summed E-state index contributed by atoms with van der Waals surface area (Å²) in [5.41, 5.74) is 4.32. The fourth-order valence-electron chi connectivity index (χ4n) is 3.70. The van der Waals surface area contributed by atoms with E-state index in [0.717, 1.165) is 0 Å². The third-order valence-corrected chi connectivity index (χ3v) is 5.47. The third kappa shape index (κ3) is 10.7. The Morgan fingerprint density at radius 1 is 0.560 bits per heavy atom. The molecule has 0 unspecified atom stereocenters. The Kier molecular flexibility index (Phi) is 13.8. The van der Waals surface area contributed by atoms with E-state index < -0.39 is 0 Å². The Hall–Kier alpha value is -0.780. The van der Waals surface area contributed by atoms with Gasteiger partial charge in [-0.1, -0.05) is 109 Å². The first-order valence-corrected chi connectivity index (χ1v) is 11.2. The molecule has 0 saturated heterocycles. The molecule has 1 aromatic rings. The minimum absolute atomic E-state index is 1.22. The van der Waals surface area contributed by atoms with Gasteiger partial charge in [-0.05, 0) is 49.3 Å². The SMILES string of the molecule is [CH2]c1c(CCCCCCCCC)cccc1CCCCCCCCC. The van der Waals surface area contributed by atoms with Crippen molar-refractivity contribution in [3.05, 3.63) is 41.8 Å². The van der Waals surface area contributed by atoms with Crippen LogP contribution in [0.4, 0.5) is 0 Å². The lowest BCUT2D eigenvalue weighted by molar-refractivity contribution is 0.587. The van der Waals surface area contributed by atoms with Crippen molar-refractivity contribution in [3.63, 3.8) is 0 Å². The van der Waals surface area contributed by atoms with E-state index in [2.05, 4.69) is 39.0 Å². The van der Waals surface area contributed by atoms with Crippen molar-refractivity contribution in [1.82, 2.24) is 0 Å². The van der Waals surface area contributed by atoms with E-state index >= 15 is 0 Å². The molecule has 0 aliphatic carbocycles. The first-order chi connectivity index (χ1) is 12.3. The summed E-state index contributed by atoms with van der Waals surface area (Å²) < 4.78 is 0. The van der Waals surface area contributed by atoms with Gasteiger partial charge in [0.25, 0.3) is 0 Å². The van der Waals surface area contributed by atoms with Gasteiger partial charge >= 0.3 is 0 Å². The Bertz CT molecular complexity index is 382. The molecule has 1 aromatic carbocycles. The van der Waals surface area contributed by atoms with Crippen molar-refractivity contribution >= 4 is 0 Å². The summed E-state index contributed by atoms with van der Waals surface area (Å²) in [6.45, 7) is 8.97. The number of benzene rings is 1. The van der Waals surface area contributed by atoms with Crippen LogP contribution in [-0.4, -0.2) is 0 Å². The molecule has 0 fully saturated rings. The van der Waals surface area contributed by atoms with E-state index in [4.69, 9.17) is 0 Å². The van der Waals surface area contributed by atoms with Crippen LogP contribution in [0.5, 0.6) is 0 Å². The summed E-state index contributed by atoms with van der Waals surface area (Å²) in [6.07, 6.45) is 21.9. The van der Waals surface area contributed by atoms with Crippen molar-refractivity contribution in [2.45, 2.75) is 117 Å². The van der Waals surface area contributed by atoms with Crippen LogP contribution in [0, 0.1) is 6.92 Å². The van der Waals surface area contributed by atoms with E-state index in [1.807, 2.05) is 0 Å². The van der Waals surface area contributed by atoms with E-state index in [1.54, 1.807) is 0 Å². The first-order valence-electron chi connectivity index (χ1n) is 11.2. The average molecular weight is 344 g/mol. The van der Waals surface area contributed by atoms with Gasteiger partial charge in [-0.15, -0.1) is 0 Å². The summed E-state index contributed by atoms with van der Waals surface area (Å²) in [7, 11) is 0. The zero-order valence-corrected chi connectivity index (χ0v) is 17.3. The lowest BCUT2D eigenvalue weighted by Gasteiger charge is -2.11. The quantitative estimate of drug-likeness (QED) is 0.264. The minimum Gasteiger partial charge on any atom is -0.0654 e. The van der Waals surface area contributed by atoms with E-state index in [9.17, 15) is 0 Å². The fourth-order valence-corrected chi connectivity index (χ4v) is 3.70. The van der Waals surface area contributed by atoms with Crippen molar-refractivity contribution < 1.29 is 0 Å². The largest absolute Gasteiger partial charge is 0.0654 e. The summed E-state index contributed by atoms with van der Waals surface area (Å²) in [5, 5.41) is 0. The summed E-state index contributed by atoms with van der Waals surface area (Å²) >= 11 is 0. The minimum atomic E-state index is 1.22. The molecule has 0 atom stereocenters. The third-order valence-electron chi connectivity index (χ3n) is 5.47. The van der Waals surface area contributed by atoms with Crippen LogP contribution in [-0.2, 0) is 12.8 Å². The second-order valence-electron chi connectivity index (χ2n) is 7.80. The standard InChI is InChI=1S/C25H43/c1-4-6-8-10-12-14-16-19-24-21-18-22-25(23(24)3)20-17-15-13-11-9-7-5-2/h18,21-22H,3-17,19-20H2,1-2H3. The van der Waals surface area contributed by atoms with Gasteiger partial charge in [0, 0.05) is 0 Å². The van der Waals surface area contributed by atoms with Crippen LogP contribution in [0.15, 0.2) is 18.2 Å². The molecule has 0 saturated carbocycles. The van der Waals surface area contributed by atoms with E-state index in [-0.39, 0.29) is 0 Å². The molecule has 0 heterocycles. The highest BCUT2D eigenvalue weighted by atomic mass is 14.1. The maximum Gasteiger partial charge on any atom is -0.0233 e. The molecule has 0 spiro atoms. The Morgan fingerprint density at radius 3 is 1.32 bits per heavy atom. The van der Waals surface area contributed by atoms with Crippen LogP contribution >= 0.6 is 0 Å². The maximum absolute atomic E-state index is 4.40. The Balaban J connectivity index is 2.21. The van der Waals surface area contributed by atoms with E-state index in [1.165, 1.54) is 119 Å². The lowest BCUT2D eigenvalue weighted by atomic mass is 9.94. The molecular formula is C25H43. The molecular weight excluding hydrogens is 300 g/mol. The number of rotatable bonds is 16. The predicted molar refractivity (Wildman–Crippen MR) is 114 cm³/mol. The maximum atomic E-state index is 4.40. The van der Waals surface area contributed by atoms with Crippen LogP contribution in [0.2, 0.25) is 0 Å². The fraction of sp³-hybridized carbons (Fsp3) is 0.720. The van der Waals surface area contributed by atoms with Gasteiger partial charge in [0.15, 0.2) is 0 Å². The molecule has 1 radical (unpaired) electrons. The van der Waals surface area contributed by atoms with Gasteiger partial charge in [0.05, 0.1) is 0 Å². The van der Waals surface area contributed by atoms with Gasteiger partial charge in [-0.25, -0.2) is 0 Å². The van der Waals surface area contributed by atoms with Gasteiger partial charge < -0.3 is 0 Å². The topological polar surface area (TPSA) is 0 Å². The predicted octanol–water partition coefficient (Wildman–Crippen LogP) is 8.45. The number of hydrogen-bond acceptors (Lipinski definition) is 0. The van der Waals surface area contributed by atoms with Crippen molar-refractivity contribution in [3.8, 4) is 0 Å². The zero-order chi connectivity index (χ0) is 18.2. The highest BCUT2D eigenvalue weighted by molar-refractivity contribution is 5.37. The highest BCUT2D eigenvalue weighted by Gasteiger charge is 2.04. The molecule has 0 nitrogen and oxygen atoms in total. The molecule has 1 rings (SSSR count). The van der Waals surface area contributed by atoms with Crippen molar-refractivity contribution in [2.24, 2.45) is 0 Å². The molecule has 143 valence electrons. The van der Waals surface area contributed by atoms with Crippen LogP contribution < -0.4 is 0 Å². The molecule has 0 amide bonds. The van der Waals surface area contributed by atoms with E-state index in [0.29, 0.717) is 0 Å². The van der Waals surface area contributed by atoms with Gasteiger partial charge in [0.2, 0.25) is 0 Å². The molecule has 0 aromatic heterocycles. The number of unbranched alkanes of at least 4 members (excludes halogenated alkanes) is 12. The molecule has 0 aliphatic heterocycles. The van der Waals surface area contributed by atoms with Gasteiger partial charge in [0.1, 0.15) is 0 Å². The highest BCUT2D eigenvalue weighted by Crippen LogP contribution is 2.20.